The van der Waals surface area contributed by atoms with E-state index < -0.39 is 5.97 Å². The molecule has 2 aromatic rings. The van der Waals surface area contributed by atoms with Crippen molar-refractivity contribution < 1.29 is 23.8 Å². The fourth-order valence-corrected chi connectivity index (χ4v) is 2.54. The fraction of sp³-hybridized carbons (Fsp3) is 0.333. The number of benzene rings is 2. The summed E-state index contributed by atoms with van der Waals surface area (Å²) in [6.45, 7) is 0.101. The molecule has 0 aliphatic rings. The van der Waals surface area contributed by atoms with E-state index in [1.807, 2.05) is 49.3 Å². The van der Waals surface area contributed by atoms with Crippen LogP contribution in [0, 0.1) is 0 Å². The number of methoxy groups -OCH3 is 2. The van der Waals surface area contributed by atoms with Crippen molar-refractivity contribution in [2.45, 2.75) is 6.42 Å². The molecule has 0 bridgehead atoms. The van der Waals surface area contributed by atoms with E-state index >= 15 is 0 Å². The van der Waals surface area contributed by atoms with Gasteiger partial charge < -0.3 is 24.4 Å². The molecule has 2 rings (SSSR count). The molecule has 0 aromatic heterocycles. The lowest BCUT2D eigenvalue weighted by Gasteiger charge is -2.12. The summed E-state index contributed by atoms with van der Waals surface area (Å²) in [5, 5.41) is 2.73. The number of carbonyl (C=O) groups excluding carboxylic acids is 2. The van der Waals surface area contributed by atoms with Crippen LogP contribution in [0.15, 0.2) is 42.5 Å². The fourth-order valence-electron chi connectivity index (χ4n) is 2.54. The highest BCUT2D eigenvalue weighted by molar-refractivity contribution is 5.91. The first-order chi connectivity index (χ1) is 13.4. The van der Waals surface area contributed by atoms with Crippen molar-refractivity contribution in [2.24, 2.45) is 0 Å². The number of amides is 1. The first-order valence-electron chi connectivity index (χ1n) is 8.86. The summed E-state index contributed by atoms with van der Waals surface area (Å²) < 4.78 is 15.5. The standard InChI is InChI=1S/C21H26N2O5/c1-23(2)17-8-6-16(7-9-17)21(25)28-14-20(24)22-12-11-15-5-10-18(26-3)19(13-15)27-4/h5-10,13H,11-12,14H2,1-4H3,(H,22,24). The minimum Gasteiger partial charge on any atom is -0.493 e. The SMILES string of the molecule is COc1ccc(CCNC(=O)COC(=O)c2ccc(N(C)C)cc2)cc1OC. The molecule has 7 nitrogen and oxygen atoms in total. The Bertz CT molecular complexity index is 803. The van der Waals surface area contributed by atoms with Crippen molar-refractivity contribution in [1.82, 2.24) is 5.32 Å². The van der Waals surface area contributed by atoms with E-state index in [2.05, 4.69) is 5.32 Å². The molecule has 1 N–H and O–H groups in total. The lowest BCUT2D eigenvalue weighted by atomic mass is 10.1. The third-order valence-electron chi connectivity index (χ3n) is 4.14. The van der Waals surface area contributed by atoms with E-state index in [0.29, 0.717) is 30.0 Å². The van der Waals surface area contributed by atoms with Crippen LogP contribution in [-0.4, -0.2) is 53.3 Å². The molecule has 7 heteroatoms. The third-order valence-corrected chi connectivity index (χ3v) is 4.14. The molecule has 28 heavy (non-hydrogen) atoms. The summed E-state index contributed by atoms with van der Waals surface area (Å²) >= 11 is 0. The molecule has 0 fully saturated rings. The van der Waals surface area contributed by atoms with E-state index in [0.717, 1.165) is 11.3 Å². The number of nitrogens with zero attached hydrogens (tertiary/aromatic N) is 1. The maximum Gasteiger partial charge on any atom is 0.338 e. The maximum absolute atomic E-state index is 12.0. The zero-order valence-corrected chi connectivity index (χ0v) is 16.7. The van der Waals surface area contributed by atoms with Gasteiger partial charge in [-0.05, 0) is 48.4 Å². The van der Waals surface area contributed by atoms with Gasteiger partial charge in [-0.1, -0.05) is 6.07 Å². The second kappa shape index (κ2) is 10.2. The van der Waals surface area contributed by atoms with Crippen molar-refractivity contribution in [3.63, 3.8) is 0 Å². The average molecular weight is 386 g/mol. The molecule has 0 heterocycles. The van der Waals surface area contributed by atoms with Crippen LogP contribution in [0.25, 0.3) is 0 Å². The first kappa shape index (κ1) is 21.1. The van der Waals surface area contributed by atoms with Gasteiger partial charge in [0.1, 0.15) is 0 Å². The Morgan fingerprint density at radius 3 is 2.25 bits per heavy atom. The van der Waals surface area contributed by atoms with E-state index in [9.17, 15) is 9.59 Å². The van der Waals surface area contributed by atoms with Crippen LogP contribution < -0.4 is 19.7 Å². The van der Waals surface area contributed by atoms with E-state index in [1.165, 1.54) is 0 Å². The van der Waals surface area contributed by atoms with Gasteiger partial charge in [0.05, 0.1) is 19.8 Å². The number of anilines is 1. The highest BCUT2D eigenvalue weighted by Gasteiger charge is 2.11. The zero-order chi connectivity index (χ0) is 20.5. The molecule has 0 radical (unpaired) electrons. The van der Waals surface area contributed by atoms with Gasteiger partial charge >= 0.3 is 5.97 Å². The summed E-state index contributed by atoms with van der Waals surface area (Å²) in [4.78, 5) is 25.8. The Balaban J connectivity index is 1.76. The predicted octanol–water partition coefficient (Wildman–Crippen LogP) is 2.29. The monoisotopic (exact) mass is 386 g/mol. The minimum absolute atomic E-state index is 0.319. The van der Waals surface area contributed by atoms with Crippen molar-refractivity contribution in [2.75, 3.05) is 46.4 Å². The summed E-state index contributed by atoms with van der Waals surface area (Å²) in [6.07, 6.45) is 0.617. The smallest absolute Gasteiger partial charge is 0.338 e. The van der Waals surface area contributed by atoms with Gasteiger partial charge in [0.25, 0.3) is 5.91 Å². The Labute approximate surface area is 165 Å². The maximum atomic E-state index is 12.0. The number of hydrogen-bond donors (Lipinski definition) is 1. The second-order valence-corrected chi connectivity index (χ2v) is 6.31. The lowest BCUT2D eigenvalue weighted by molar-refractivity contribution is -0.124. The Hall–Kier alpha value is -3.22. The average Bonchev–Trinajstić information content (AvgIpc) is 2.71. The molecule has 0 saturated carbocycles. The van der Waals surface area contributed by atoms with Crippen LogP contribution >= 0.6 is 0 Å². The van der Waals surface area contributed by atoms with E-state index in [4.69, 9.17) is 14.2 Å². The van der Waals surface area contributed by atoms with Gasteiger partial charge in [-0.2, -0.15) is 0 Å². The zero-order valence-electron chi connectivity index (χ0n) is 16.7. The van der Waals surface area contributed by atoms with Crippen molar-refractivity contribution >= 4 is 17.6 Å². The number of ether oxygens (including phenoxy) is 3. The lowest BCUT2D eigenvalue weighted by Crippen LogP contribution is -2.30. The largest absolute Gasteiger partial charge is 0.493 e. The van der Waals surface area contributed by atoms with Crippen LogP contribution in [0.1, 0.15) is 15.9 Å². The first-order valence-corrected chi connectivity index (χ1v) is 8.86. The molecule has 2 aromatic carbocycles. The van der Waals surface area contributed by atoms with Gasteiger partial charge in [0.2, 0.25) is 0 Å². The summed E-state index contributed by atoms with van der Waals surface area (Å²) in [6, 6.07) is 12.6. The highest BCUT2D eigenvalue weighted by atomic mass is 16.5. The Kier molecular flexibility index (Phi) is 7.68. The summed E-state index contributed by atoms with van der Waals surface area (Å²) in [7, 11) is 6.99. The molecule has 0 aliphatic carbocycles. The Morgan fingerprint density at radius 2 is 1.64 bits per heavy atom. The van der Waals surface area contributed by atoms with Gasteiger partial charge in [-0.15, -0.1) is 0 Å². The molecule has 0 saturated heterocycles. The number of nitrogens with one attached hydrogen (secondary N) is 1. The van der Waals surface area contributed by atoms with Crippen LogP contribution in [0.5, 0.6) is 11.5 Å². The quantitative estimate of drug-likeness (QED) is 0.667. The molecule has 0 unspecified atom stereocenters. The van der Waals surface area contributed by atoms with Crippen LogP contribution in [0.2, 0.25) is 0 Å². The molecule has 150 valence electrons. The highest BCUT2D eigenvalue weighted by Crippen LogP contribution is 2.27. The molecule has 0 aliphatic heterocycles. The number of hydrogen-bond acceptors (Lipinski definition) is 6. The van der Waals surface area contributed by atoms with Crippen molar-refractivity contribution in [3.8, 4) is 11.5 Å². The predicted molar refractivity (Wildman–Crippen MR) is 107 cm³/mol. The van der Waals surface area contributed by atoms with Gasteiger partial charge in [0, 0.05) is 26.3 Å². The number of rotatable bonds is 9. The minimum atomic E-state index is -0.527. The number of esters is 1. The molecular formula is C21H26N2O5. The summed E-state index contributed by atoms with van der Waals surface area (Å²) in [5.74, 6) is 0.417. The van der Waals surface area contributed by atoms with E-state index in [1.54, 1.807) is 26.4 Å². The van der Waals surface area contributed by atoms with E-state index in [-0.39, 0.29) is 12.5 Å². The van der Waals surface area contributed by atoms with Gasteiger partial charge in [0.15, 0.2) is 18.1 Å². The molecular weight excluding hydrogens is 360 g/mol. The number of carbonyl (C=O) groups is 2. The van der Waals surface area contributed by atoms with Crippen molar-refractivity contribution in [3.05, 3.63) is 53.6 Å². The summed E-state index contributed by atoms with van der Waals surface area (Å²) in [5.41, 5.74) is 2.38. The molecule has 1 amide bonds. The molecule has 0 atom stereocenters. The van der Waals surface area contributed by atoms with Crippen LogP contribution in [0.4, 0.5) is 5.69 Å². The van der Waals surface area contributed by atoms with Crippen LogP contribution in [-0.2, 0) is 16.0 Å². The topological polar surface area (TPSA) is 77.1 Å². The third kappa shape index (κ3) is 5.90. The molecule has 0 spiro atoms. The normalized spacial score (nSPS) is 10.1. The van der Waals surface area contributed by atoms with Gasteiger partial charge in [-0.3, -0.25) is 4.79 Å². The van der Waals surface area contributed by atoms with Gasteiger partial charge in [-0.25, -0.2) is 4.79 Å². The Morgan fingerprint density at radius 1 is 0.964 bits per heavy atom. The second-order valence-electron chi connectivity index (χ2n) is 6.31. The van der Waals surface area contributed by atoms with Crippen LogP contribution in [0.3, 0.4) is 0 Å². The van der Waals surface area contributed by atoms with Crippen molar-refractivity contribution in [1.29, 1.82) is 0 Å².